The number of hydrogen-bond donors (Lipinski definition) is 1. The van der Waals surface area contributed by atoms with Crippen LogP contribution < -0.4 is 23.8 Å². The predicted molar refractivity (Wildman–Crippen MR) is 145 cm³/mol. The molecule has 0 saturated carbocycles. The molecule has 204 valence electrons. The first-order valence-corrected chi connectivity index (χ1v) is 13.7. The summed E-state index contributed by atoms with van der Waals surface area (Å²) in [5.74, 6) is 1.17. The zero-order chi connectivity index (χ0) is 27.5. The van der Waals surface area contributed by atoms with E-state index >= 15 is 0 Å². The second kappa shape index (κ2) is 11.4. The van der Waals surface area contributed by atoms with E-state index in [0.717, 1.165) is 22.4 Å². The van der Waals surface area contributed by atoms with Crippen molar-refractivity contribution in [3.8, 4) is 17.2 Å². The van der Waals surface area contributed by atoms with Gasteiger partial charge in [-0.15, -0.1) is 0 Å². The lowest BCUT2D eigenvalue weighted by molar-refractivity contribution is -0.120. The molecule has 0 aliphatic carbocycles. The lowest BCUT2D eigenvalue weighted by Crippen LogP contribution is -2.52. The molecule has 0 saturated heterocycles. The van der Waals surface area contributed by atoms with Gasteiger partial charge in [0.2, 0.25) is 0 Å². The maximum Gasteiger partial charge on any atom is 0.299 e. The van der Waals surface area contributed by atoms with E-state index in [1.54, 1.807) is 26.0 Å². The second-order valence-electron chi connectivity index (χ2n) is 8.93. The van der Waals surface area contributed by atoms with Crippen LogP contribution in [0.2, 0.25) is 0 Å². The Morgan fingerprint density at radius 1 is 1.18 bits per heavy atom. The molecular formula is C28H28FN3O6S. The van der Waals surface area contributed by atoms with Gasteiger partial charge in [-0.1, -0.05) is 18.2 Å². The molecule has 1 aliphatic heterocycles. The number of halogens is 1. The Morgan fingerprint density at radius 3 is 2.69 bits per heavy atom. The smallest absolute Gasteiger partial charge is 0.299 e. The summed E-state index contributed by atoms with van der Waals surface area (Å²) in [5.41, 5.74) is 3.34. The van der Waals surface area contributed by atoms with Crippen LogP contribution in [-0.4, -0.2) is 41.5 Å². The van der Waals surface area contributed by atoms with Crippen molar-refractivity contribution in [2.45, 2.75) is 32.5 Å². The van der Waals surface area contributed by atoms with Crippen LogP contribution in [0.3, 0.4) is 0 Å². The molecule has 5 rings (SSSR count). The van der Waals surface area contributed by atoms with Gasteiger partial charge < -0.3 is 28.1 Å². The molecule has 0 bridgehead atoms. The summed E-state index contributed by atoms with van der Waals surface area (Å²) < 4.78 is 51.5. The zero-order valence-corrected chi connectivity index (χ0v) is 22.5. The summed E-state index contributed by atoms with van der Waals surface area (Å²) in [7, 11) is 3.17. The standard InChI is InChI=1S/C28H28FN3O6S/c1-4-39(34)31-27(33)23-14-21-18(15-32(23)28-30-22-11-8-19(29)13-25(22)38-28)7-12-24(36-3)26(21)37-16-17-5-9-20(35-2)10-6-17/h5-13,23H,4,14-16H2,1-3H3,(H,31,33)/t23-,39?/m0/s1. The Morgan fingerprint density at radius 2 is 1.97 bits per heavy atom. The first kappa shape index (κ1) is 26.6. The number of carbonyl (C=O) groups is 1. The molecule has 1 amide bonds. The van der Waals surface area contributed by atoms with Crippen LogP contribution in [0.15, 0.2) is 59.0 Å². The number of rotatable bonds is 9. The van der Waals surface area contributed by atoms with Crippen molar-refractivity contribution in [2.24, 2.45) is 0 Å². The van der Waals surface area contributed by atoms with E-state index in [1.165, 1.54) is 18.2 Å². The Balaban J connectivity index is 1.51. The Kier molecular flexibility index (Phi) is 7.80. The van der Waals surface area contributed by atoms with Gasteiger partial charge in [-0.25, -0.2) is 4.39 Å². The Labute approximate surface area is 228 Å². The number of hydrogen-bond acceptors (Lipinski definition) is 8. The molecule has 4 aromatic rings. The van der Waals surface area contributed by atoms with Crippen LogP contribution in [0.4, 0.5) is 10.4 Å². The average molecular weight is 554 g/mol. The summed E-state index contributed by atoms with van der Waals surface area (Å²) >= 11 is -1.54. The molecule has 2 heterocycles. The van der Waals surface area contributed by atoms with Gasteiger partial charge in [0.15, 0.2) is 17.1 Å². The topological polar surface area (TPSA) is 109 Å². The number of aromatic nitrogens is 1. The second-order valence-corrected chi connectivity index (χ2v) is 10.4. The number of methoxy groups -OCH3 is 2. The van der Waals surface area contributed by atoms with Gasteiger partial charge in [0, 0.05) is 24.6 Å². The molecule has 1 unspecified atom stereocenters. The number of nitrogens with zero attached hydrogens (tertiary/aromatic N) is 2. The van der Waals surface area contributed by atoms with Crippen LogP contribution in [0.1, 0.15) is 23.6 Å². The number of carbonyl (C=O) groups excluding carboxylic acids is 1. The number of benzene rings is 3. The molecule has 9 nitrogen and oxygen atoms in total. The number of fused-ring (bicyclic) bond motifs is 2. The zero-order valence-electron chi connectivity index (χ0n) is 21.7. The highest BCUT2D eigenvalue weighted by Crippen LogP contribution is 2.40. The van der Waals surface area contributed by atoms with Gasteiger partial charge >= 0.3 is 0 Å². The van der Waals surface area contributed by atoms with Gasteiger partial charge in [0.05, 0.1) is 25.6 Å². The van der Waals surface area contributed by atoms with Gasteiger partial charge in [0.1, 0.15) is 35.5 Å². The van der Waals surface area contributed by atoms with E-state index in [1.807, 2.05) is 36.4 Å². The highest BCUT2D eigenvalue weighted by molar-refractivity contribution is 7.90. The highest BCUT2D eigenvalue weighted by Gasteiger charge is 2.38. The van der Waals surface area contributed by atoms with Crippen molar-refractivity contribution < 1.29 is 32.4 Å². The molecule has 11 heteroatoms. The third-order valence-corrected chi connectivity index (χ3v) is 7.52. The van der Waals surface area contributed by atoms with Crippen LogP contribution in [-0.2, 0) is 35.7 Å². The molecule has 1 aromatic heterocycles. The lowest BCUT2D eigenvalue weighted by atomic mass is 9.92. The van der Waals surface area contributed by atoms with E-state index in [9.17, 15) is 13.7 Å². The SMILES string of the molecule is CC[S+]([O-])NC(=O)[C@@H]1Cc2c(ccc(OC)c2OCc2ccc(OC)cc2)CN1c1nc2ccc(F)cc2o1. The molecule has 0 fully saturated rings. The predicted octanol–water partition coefficient (Wildman–Crippen LogP) is 4.29. The van der Waals surface area contributed by atoms with Crippen molar-refractivity contribution in [1.82, 2.24) is 9.71 Å². The van der Waals surface area contributed by atoms with Crippen molar-refractivity contribution >= 4 is 34.4 Å². The fraction of sp³-hybridized carbons (Fsp3) is 0.286. The Hall–Kier alpha value is -3.96. The number of nitrogens with one attached hydrogen (secondary N) is 1. The summed E-state index contributed by atoms with van der Waals surface area (Å²) in [4.78, 5) is 19.6. The molecule has 1 N–H and O–H groups in total. The van der Waals surface area contributed by atoms with E-state index in [0.29, 0.717) is 17.0 Å². The van der Waals surface area contributed by atoms with Crippen molar-refractivity contribution in [1.29, 1.82) is 0 Å². The Bertz CT molecular complexity index is 1480. The van der Waals surface area contributed by atoms with Crippen LogP contribution in [0.5, 0.6) is 17.2 Å². The highest BCUT2D eigenvalue weighted by atomic mass is 32.2. The van der Waals surface area contributed by atoms with Crippen LogP contribution in [0, 0.1) is 5.82 Å². The summed E-state index contributed by atoms with van der Waals surface area (Å²) in [6.07, 6.45) is 0.213. The summed E-state index contributed by atoms with van der Waals surface area (Å²) in [6.45, 7) is 2.24. The number of amides is 1. The first-order valence-electron chi connectivity index (χ1n) is 12.4. The fourth-order valence-electron chi connectivity index (χ4n) is 4.51. The molecule has 0 radical (unpaired) electrons. The summed E-state index contributed by atoms with van der Waals surface area (Å²) in [5, 5.41) is 0. The van der Waals surface area contributed by atoms with E-state index in [4.69, 9.17) is 18.6 Å². The summed E-state index contributed by atoms with van der Waals surface area (Å²) in [6, 6.07) is 14.7. The third kappa shape index (κ3) is 5.59. The number of anilines is 1. The van der Waals surface area contributed by atoms with E-state index in [2.05, 4.69) is 9.71 Å². The van der Waals surface area contributed by atoms with Gasteiger partial charge in [-0.3, -0.25) is 4.79 Å². The van der Waals surface area contributed by atoms with Gasteiger partial charge in [-0.05, 0) is 48.4 Å². The third-order valence-electron chi connectivity index (χ3n) is 6.56. The first-order chi connectivity index (χ1) is 18.9. The van der Waals surface area contributed by atoms with E-state index < -0.39 is 29.1 Å². The molecule has 39 heavy (non-hydrogen) atoms. The van der Waals surface area contributed by atoms with Crippen LogP contribution >= 0.6 is 0 Å². The maximum atomic E-state index is 13.8. The van der Waals surface area contributed by atoms with Crippen LogP contribution in [0.25, 0.3) is 11.1 Å². The van der Waals surface area contributed by atoms with E-state index in [-0.39, 0.29) is 36.9 Å². The largest absolute Gasteiger partial charge is 0.593 e. The van der Waals surface area contributed by atoms with Gasteiger partial charge in [0.25, 0.3) is 11.9 Å². The minimum atomic E-state index is -1.54. The van der Waals surface area contributed by atoms with Crippen molar-refractivity contribution in [2.75, 3.05) is 24.9 Å². The molecular weight excluding hydrogens is 525 g/mol. The molecule has 0 spiro atoms. The minimum Gasteiger partial charge on any atom is -0.593 e. The maximum absolute atomic E-state index is 13.8. The van der Waals surface area contributed by atoms with Crippen molar-refractivity contribution in [3.63, 3.8) is 0 Å². The monoisotopic (exact) mass is 553 g/mol. The average Bonchev–Trinajstić information content (AvgIpc) is 3.38. The molecule has 1 aliphatic rings. The molecule has 3 aromatic carbocycles. The number of oxazole rings is 1. The lowest BCUT2D eigenvalue weighted by Gasteiger charge is -2.35. The van der Waals surface area contributed by atoms with Gasteiger partial charge in [-0.2, -0.15) is 9.71 Å². The minimum absolute atomic E-state index is 0.167. The van der Waals surface area contributed by atoms with Crippen molar-refractivity contribution in [3.05, 3.63) is 77.1 Å². The number of ether oxygens (including phenoxy) is 3. The quantitative estimate of drug-likeness (QED) is 0.306. The normalized spacial score (nSPS) is 15.5. The molecule has 2 atom stereocenters. The fourth-order valence-corrected chi connectivity index (χ4v) is 5.01.